The lowest BCUT2D eigenvalue weighted by Crippen LogP contribution is -2.45. The van der Waals surface area contributed by atoms with Crippen LogP contribution in [0.3, 0.4) is 0 Å². The van der Waals surface area contributed by atoms with Crippen molar-refractivity contribution in [2.75, 3.05) is 6.54 Å². The Labute approximate surface area is 145 Å². The number of aromatic nitrogens is 3. The number of carbonyl (C=O) groups excluding carboxylic acids is 1. The average Bonchev–Trinajstić information content (AvgIpc) is 3.04. The van der Waals surface area contributed by atoms with E-state index in [1.165, 1.54) is 11.3 Å². The number of hydrogen-bond donors (Lipinski definition) is 1. The van der Waals surface area contributed by atoms with Crippen LogP contribution >= 0.6 is 11.3 Å². The number of carbonyl (C=O) groups is 1. The number of amides is 1. The van der Waals surface area contributed by atoms with Gasteiger partial charge in [-0.3, -0.25) is 14.8 Å². The summed E-state index contributed by atoms with van der Waals surface area (Å²) in [5, 5.41) is 12.4. The highest BCUT2D eigenvalue weighted by molar-refractivity contribution is 7.13. The number of nitrogens with zero attached hydrogens (tertiary/aromatic N) is 4. The van der Waals surface area contributed by atoms with Gasteiger partial charge in [0.15, 0.2) is 0 Å². The predicted molar refractivity (Wildman–Crippen MR) is 92.5 cm³/mol. The Kier molecular flexibility index (Phi) is 5.52. The highest BCUT2D eigenvalue weighted by Crippen LogP contribution is 2.24. The molecule has 1 saturated heterocycles. The Bertz CT molecular complexity index is 674. The average molecular weight is 346 g/mol. The number of likely N-dealkylation sites (tertiary alicyclic amines) is 1. The molecule has 0 aliphatic carbocycles. The maximum atomic E-state index is 12.7. The molecular weight excluding hydrogens is 324 g/mol. The molecule has 7 heteroatoms. The molecule has 2 aromatic rings. The van der Waals surface area contributed by atoms with E-state index in [2.05, 4.69) is 15.0 Å². The van der Waals surface area contributed by atoms with Gasteiger partial charge in [-0.05, 0) is 32.6 Å². The van der Waals surface area contributed by atoms with Crippen molar-refractivity contribution in [1.29, 1.82) is 0 Å². The van der Waals surface area contributed by atoms with Gasteiger partial charge in [-0.15, -0.1) is 11.3 Å². The minimum absolute atomic E-state index is 0.0938. The summed E-state index contributed by atoms with van der Waals surface area (Å²) in [6, 6.07) is 0.143. The summed E-state index contributed by atoms with van der Waals surface area (Å²) in [5.41, 5.74) is 1.50. The normalized spacial score (nSPS) is 19.2. The smallest absolute Gasteiger partial charge is 0.228 e. The number of piperidine rings is 1. The SMILES string of the molecule is C[C@H](O)C[C@@H]1CCCCN1C(=O)Cc1csc(-c2cnccn2)n1. The van der Waals surface area contributed by atoms with E-state index in [1.54, 1.807) is 25.5 Å². The molecule has 1 aliphatic rings. The first kappa shape index (κ1) is 17.0. The van der Waals surface area contributed by atoms with Crippen LogP contribution < -0.4 is 0 Å². The van der Waals surface area contributed by atoms with Gasteiger partial charge in [-0.2, -0.15) is 0 Å². The first-order valence-corrected chi connectivity index (χ1v) is 9.20. The van der Waals surface area contributed by atoms with E-state index in [0.29, 0.717) is 12.8 Å². The number of aliphatic hydroxyl groups excluding tert-OH is 1. The lowest BCUT2D eigenvalue weighted by molar-refractivity contribution is -0.134. The molecule has 2 aromatic heterocycles. The van der Waals surface area contributed by atoms with Crippen LogP contribution in [0.2, 0.25) is 0 Å². The van der Waals surface area contributed by atoms with Crippen molar-refractivity contribution in [3.63, 3.8) is 0 Å². The topological polar surface area (TPSA) is 79.2 Å². The summed E-state index contributed by atoms with van der Waals surface area (Å²) in [6.07, 6.45) is 8.62. The molecule has 1 aliphatic heterocycles. The summed E-state index contributed by atoms with van der Waals surface area (Å²) in [4.78, 5) is 27.4. The van der Waals surface area contributed by atoms with Gasteiger partial charge in [-0.1, -0.05) is 0 Å². The van der Waals surface area contributed by atoms with Gasteiger partial charge in [-0.25, -0.2) is 4.98 Å². The van der Waals surface area contributed by atoms with Crippen LogP contribution in [0.1, 0.15) is 38.3 Å². The summed E-state index contributed by atoms with van der Waals surface area (Å²) >= 11 is 1.48. The Morgan fingerprint density at radius 1 is 1.46 bits per heavy atom. The molecule has 24 heavy (non-hydrogen) atoms. The number of aliphatic hydroxyl groups is 1. The predicted octanol–water partition coefficient (Wildman–Crippen LogP) is 2.29. The molecule has 3 rings (SSSR count). The van der Waals surface area contributed by atoms with Crippen LogP contribution in [0.15, 0.2) is 24.0 Å². The van der Waals surface area contributed by atoms with E-state index in [-0.39, 0.29) is 18.1 Å². The zero-order valence-corrected chi connectivity index (χ0v) is 14.6. The van der Waals surface area contributed by atoms with Crippen molar-refractivity contribution < 1.29 is 9.90 Å². The van der Waals surface area contributed by atoms with Gasteiger partial charge in [0.1, 0.15) is 10.7 Å². The number of thiazole rings is 1. The summed E-state index contributed by atoms with van der Waals surface area (Å²) < 4.78 is 0. The van der Waals surface area contributed by atoms with Crippen molar-refractivity contribution in [3.8, 4) is 10.7 Å². The van der Waals surface area contributed by atoms with Crippen LogP contribution in [0.4, 0.5) is 0 Å². The summed E-state index contributed by atoms with van der Waals surface area (Å²) in [5.74, 6) is 0.0938. The largest absolute Gasteiger partial charge is 0.393 e. The van der Waals surface area contributed by atoms with E-state index in [0.717, 1.165) is 42.2 Å². The lowest BCUT2D eigenvalue weighted by Gasteiger charge is -2.36. The quantitative estimate of drug-likeness (QED) is 0.898. The molecule has 0 radical (unpaired) electrons. The monoisotopic (exact) mass is 346 g/mol. The molecule has 0 spiro atoms. The molecule has 0 unspecified atom stereocenters. The van der Waals surface area contributed by atoms with E-state index in [4.69, 9.17) is 0 Å². The Morgan fingerprint density at radius 3 is 3.08 bits per heavy atom. The van der Waals surface area contributed by atoms with E-state index in [9.17, 15) is 9.90 Å². The van der Waals surface area contributed by atoms with Gasteiger partial charge in [0.2, 0.25) is 5.91 Å². The van der Waals surface area contributed by atoms with Crippen LogP contribution in [-0.2, 0) is 11.2 Å². The molecule has 1 N–H and O–H groups in total. The molecule has 3 heterocycles. The molecule has 6 nitrogen and oxygen atoms in total. The van der Waals surface area contributed by atoms with E-state index < -0.39 is 0 Å². The zero-order valence-electron chi connectivity index (χ0n) is 13.8. The second-order valence-corrected chi connectivity index (χ2v) is 7.09. The Balaban J connectivity index is 1.67. The third kappa shape index (κ3) is 4.15. The van der Waals surface area contributed by atoms with Crippen LogP contribution in [0.5, 0.6) is 0 Å². The molecule has 1 fully saturated rings. The second kappa shape index (κ2) is 7.81. The fourth-order valence-electron chi connectivity index (χ4n) is 3.14. The van der Waals surface area contributed by atoms with Crippen molar-refractivity contribution in [3.05, 3.63) is 29.7 Å². The second-order valence-electron chi connectivity index (χ2n) is 6.23. The highest BCUT2D eigenvalue weighted by Gasteiger charge is 2.28. The van der Waals surface area contributed by atoms with Gasteiger partial charge < -0.3 is 10.0 Å². The molecule has 0 bridgehead atoms. The minimum atomic E-state index is -0.383. The molecule has 0 saturated carbocycles. The van der Waals surface area contributed by atoms with Crippen LogP contribution in [-0.4, -0.2) is 49.6 Å². The fraction of sp³-hybridized carbons (Fsp3) is 0.529. The Morgan fingerprint density at radius 2 is 2.33 bits per heavy atom. The fourth-order valence-corrected chi connectivity index (χ4v) is 3.92. The summed E-state index contributed by atoms with van der Waals surface area (Å²) in [6.45, 7) is 2.56. The highest BCUT2D eigenvalue weighted by atomic mass is 32.1. The number of hydrogen-bond acceptors (Lipinski definition) is 6. The van der Waals surface area contributed by atoms with Crippen molar-refractivity contribution >= 4 is 17.2 Å². The molecule has 1 amide bonds. The molecule has 2 atom stereocenters. The molecule has 0 aromatic carbocycles. The first-order valence-electron chi connectivity index (χ1n) is 8.32. The lowest BCUT2D eigenvalue weighted by atomic mass is 9.96. The van der Waals surface area contributed by atoms with E-state index in [1.807, 2.05) is 10.3 Å². The first-order chi connectivity index (χ1) is 11.6. The summed E-state index contributed by atoms with van der Waals surface area (Å²) in [7, 11) is 0. The maximum absolute atomic E-state index is 12.7. The third-order valence-corrected chi connectivity index (χ3v) is 5.14. The zero-order chi connectivity index (χ0) is 16.9. The van der Waals surface area contributed by atoms with Crippen molar-refractivity contribution in [2.24, 2.45) is 0 Å². The van der Waals surface area contributed by atoms with Crippen LogP contribution in [0, 0.1) is 0 Å². The van der Waals surface area contributed by atoms with E-state index >= 15 is 0 Å². The van der Waals surface area contributed by atoms with Gasteiger partial charge in [0.25, 0.3) is 0 Å². The minimum Gasteiger partial charge on any atom is -0.393 e. The number of rotatable bonds is 5. The van der Waals surface area contributed by atoms with Crippen molar-refractivity contribution in [2.45, 2.75) is 51.2 Å². The van der Waals surface area contributed by atoms with Gasteiger partial charge >= 0.3 is 0 Å². The van der Waals surface area contributed by atoms with Crippen LogP contribution in [0.25, 0.3) is 10.7 Å². The third-order valence-electron chi connectivity index (χ3n) is 4.23. The molecular formula is C17H22N4O2S. The Hall–Kier alpha value is -1.86. The molecule has 128 valence electrons. The van der Waals surface area contributed by atoms with Crippen molar-refractivity contribution in [1.82, 2.24) is 19.9 Å². The standard InChI is InChI=1S/C17H22N4O2S/c1-12(22)8-14-4-2-3-7-21(14)16(23)9-13-11-24-17(20-13)15-10-18-5-6-19-15/h5-6,10-12,14,22H,2-4,7-9H2,1H3/t12-,14-/m0/s1. The van der Waals surface area contributed by atoms with Gasteiger partial charge in [0, 0.05) is 30.4 Å². The maximum Gasteiger partial charge on any atom is 0.228 e. The van der Waals surface area contributed by atoms with Gasteiger partial charge in [0.05, 0.1) is 24.4 Å².